The first-order valence-corrected chi connectivity index (χ1v) is 7.71. The smallest absolute Gasteiger partial charge is 0.322 e. The van der Waals surface area contributed by atoms with Gasteiger partial charge in [0.1, 0.15) is 0 Å². The molecule has 5 nitrogen and oxygen atoms in total. The van der Waals surface area contributed by atoms with Gasteiger partial charge in [-0.3, -0.25) is 5.32 Å². The molecule has 2 amide bonds. The molecule has 1 aliphatic heterocycles. The Labute approximate surface area is 134 Å². The Morgan fingerprint density at radius 2 is 1.96 bits per heavy atom. The molecular formula is C18H18N4O. The SMILES string of the molecule is O=C(Nc1cccc2[nH]ccc12)N1CNC(c2ccccc2)C1. The fraction of sp³-hybridized carbons (Fsp3) is 0.167. The standard InChI is InChI=1S/C18H18N4O/c23-18(21-16-8-4-7-15-14(16)9-10-19-15)22-11-17(20-12-22)13-5-2-1-3-6-13/h1-10,17,19-20H,11-12H2,(H,21,23). The van der Waals surface area contributed by atoms with Crippen LogP contribution in [-0.2, 0) is 0 Å². The van der Waals surface area contributed by atoms with Crippen LogP contribution in [0.15, 0.2) is 60.8 Å². The number of hydrogen-bond acceptors (Lipinski definition) is 2. The van der Waals surface area contributed by atoms with Gasteiger partial charge in [-0.05, 0) is 23.8 Å². The Morgan fingerprint density at radius 3 is 2.83 bits per heavy atom. The van der Waals surface area contributed by atoms with Crippen molar-refractivity contribution in [2.24, 2.45) is 0 Å². The van der Waals surface area contributed by atoms with Crippen molar-refractivity contribution in [3.8, 4) is 0 Å². The van der Waals surface area contributed by atoms with E-state index in [1.54, 1.807) is 4.90 Å². The van der Waals surface area contributed by atoms with Gasteiger partial charge in [0, 0.05) is 23.6 Å². The van der Waals surface area contributed by atoms with Crippen molar-refractivity contribution in [3.05, 3.63) is 66.4 Å². The van der Waals surface area contributed by atoms with Gasteiger partial charge in [-0.15, -0.1) is 0 Å². The molecule has 1 fully saturated rings. The molecule has 1 atom stereocenters. The Hall–Kier alpha value is -2.79. The molecule has 5 heteroatoms. The first-order valence-electron chi connectivity index (χ1n) is 7.71. The highest BCUT2D eigenvalue weighted by Gasteiger charge is 2.26. The predicted octanol–water partition coefficient (Wildman–Crippen LogP) is 3.30. The number of benzene rings is 2. The topological polar surface area (TPSA) is 60.2 Å². The van der Waals surface area contributed by atoms with Gasteiger partial charge in [-0.25, -0.2) is 4.79 Å². The minimum Gasteiger partial charge on any atom is -0.361 e. The second-order valence-electron chi connectivity index (χ2n) is 5.72. The molecule has 0 bridgehead atoms. The number of hydrogen-bond donors (Lipinski definition) is 3. The number of rotatable bonds is 2. The van der Waals surface area contributed by atoms with E-state index in [9.17, 15) is 4.79 Å². The lowest BCUT2D eigenvalue weighted by Gasteiger charge is -2.17. The fourth-order valence-electron chi connectivity index (χ4n) is 3.02. The molecule has 116 valence electrons. The summed E-state index contributed by atoms with van der Waals surface area (Å²) in [6.07, 6.45) is 1.88. The maximum Gasteiger partial charge on any atom is 0.322 e. The third-order valence-corrected chi connectivity index (χ3v) is 4.26. The van der Waals surface area contributed by atoms with E-state index in [4.69, 9.17) is 0 Å². The van der Waals surface area contributed by atoms with Gasteiger partial charge in [0.05, 0.1) is 18.4 Å². The van der Waals surface area contributed by atoms with Gasteiger partial charge in [0.25, 0.3) is 0 Å². The van der Waals surface area contributed by atoms with Gasteiger partial charge in [-0.2, -0.15) is 0 Å². The molecule has 2 aromatic carbocycles. The molecule has 3 aromatic rings. The molecule has 0 radical (unpaired) electrons. The van der Waals surface area contributed by atoms with Crippen molar-refractivity contribution in [3.63, 3.8) is 0 Å². The lowest BCUT2D eigenvalue weighted by molar-refractivity contribution is 0.221. The van der Waals surface area contributed by atoms with E-state index in [0.717, 1.165) is 16.6 Å². The zero-order valence-corrected chi connectivity index (χ0v) is 12.6. The summed E-state index contributed by atoms with van der Waals surface area (Å²) < 4.78 is 0. The van der Waals surface area contributed by atoms with E-state index in [1.165, 1.54) is 5.56 Å². The molecule has 1 saturated heterocycles. The first-order chi connectivity index (χ1) is 11.3. The summed E-state index contributed by atoms with van der Waals surface area (Å²) in [6, 6.07) is 18.1. The Kier molecular flexibility index (Phi) is 3.48. The summed E-state index contributed by atoms with van der Waals surface area (Å²) in [5, 5.41) is 7.41. The molecule has 0 saturated carbocycles. The maximum absolute atomic E-state index is 12.5. The average Bonchev–Trinajstić information content (AvgIpc) is 3.25. The number of aromatic nitrogens is 1. The lowest BCUT2D eigenvalue weighted by atomic mass is 10.1. The Bertz CT molecular complexity index is 827. The van der Waals surface area contributed by atoms with Crippen molar-refractivity contribution in [1.82, 2.24) is 15.2 Å². The molecule has 0 spiro atoms. The summed E-state index contributed by atoms with van der Waals surface area (Å²) in [4.78, 5) is 17.5. The number of aromatic amines is 1. The van der Waals surface area contributed by atoms with Crippen LogP contribution in [0.2, 0.25) is 0 Å². The molecule has 1 aromatic heterocycles. The normalized spacial score (nSPS) is 17.6. The highest BCUT2D eigenvalue weighted by atomic mass is 16.2. The average molecular weight is 306 g/mol. The van der Waals surface area contributed by atoms with Crippen LogP contribution in [0.3, 0.4) is 0 Å². The van der Waals surface area contributed by atoms with Crippen molar-refractivity contribution >= 4 is 22.6 Å². The van der Waals surface area contributed by atoms with Gasteiger partial charge in [0.15, 0.2) is 0 Å². The van der Waals surface area contributed by atoms with Crippen LogP contribution in [0.1, 0.15) is 11.6 Å². The van der Waals surface area contributed by atoms with Crippen LogP contribution in [0.5, 0.6) is 0 Å². The molecule has 23 heavy (non-hydrogen) atoms. The molecule has 1 aliphatic rings. The molecule has 0 aliphatic carbocycles. The van der Waals surface area contributed by atoms with Crippen LogP contribution in [0.4, 0.5) is 10.5 Å². The zero-order valence-electron chi connectivity index (χ0n) is 12.6. The van der Waals surface area contributed by atoms with E-state index in [0.29, 0.717) is 13.2 Å². The van der Waals surface area contributed by atoms with E-state index in [2.05, 4.69) is 27.8 Å². The fourth-order valence-corrected chi connectivity index (χ4v) is 3.02. The Morgan fingerprint density at radius 1 is 1.09 bits per heavy atom. The maximum atomic E-state index is 12.5. The summed E-state index contributed by atoms with van der Waals surface area (Å²) in [7, 11) is 0. The van der Waals surface area contributed by atoms with E-state index in [-0.39, 0.29) is 12.1 Å². The first kappa shape index (κ1) is 13.8. The van der Waals surface area contributed by atoms with Crippen LogP contribution < -0.4 is 10.6 Å². The van der Waals surface area contributed by atoms with Gasteiger partial charge < -0.3 is 15.2 Å². The Balaban J connectivity index is 1.47. The number of carbonyl (C=O) groups is 1. The third-order valence-electron chi connectivity index (χ3n) is 4.26. The molecule has 2 heterocycles. The number of anilines is 1. The van der Waals surface area contributed by atoms with Crippen LogP contribution in [0.25, 0.3) is 10.9 Å². The van der Waals surface area contributed by atoms with Crippen molar-refractivity contribution < 1.29 is 4.79 Å². The summed E-state index contributed by atoms with van der Waals surface area (Å²) in [5.41, 5.74) is 3.05. The van der Waals surface area contributed by atoms with Crippen molar-refractivity contribution in [2.75, 3.05) is 18.5 Å². The highest BCUT2D eigenvalue weighted by molar-refractivity contribution is 6.00. The number of nitrogens with zero attached hydrogens (tertiary/aromatic N) is 1. The van der Waals surface area contributed by atoms with E-state index >= 15 is 0 Å². The van der Waals surface area contributed by atoms with Crippen molar-refractivity contribution in [1.29, 1.82) is 0 Å². The van der Waals surface area contributed by atoms with Gasteiger partial charge >= 0.3 is 6.03 Å². The summed E-state index contributed by atoms with van der Waals surface area (Å²) >= 11 is 0. The van der Waals surface area contributed by atoms with Crippen LogP contribution >= 0.6 is 0 Å². The minimum absolute atomic E-state index is 0.0790. The number of amides is 2. The predicted molar refractivity (Wildman–Crippen MR) is 91.2 cm³/mol. The monoisotopic (exact) mass is 306 g/mol. The number of carbonyl (C=O) groups excluding carboxylic acids is 1. The van der Waals surface area contributed by atoms with Crippen LogP contribution in [-0.4, -0.2) is 29.1 Å². The van der Waals surface area contributed by atoms with E-state index in [1.807, 2.05) is 48.7 Å². The molecule has 3 N–H and O–H groups in total. The third kappa shape index (κ3) is 2.66. The summed E-state index contributed by atoms with van der Waals surface area (Å²) in [6.45, 7) is 1.22. The second kappa shape index (κ2) is 5.78. The van der Waals surface area contributed by atoms with Crippen molar-refractivity contribution in [2.45, 2.75) is 6.04 Å². The molecular weight excluding hydrogens is 288 g/mol. The highest BCUT2D eigenvalue weighted by Crippen LogP contribution is 2.24. The number of nitrogens with one attached hydrogen (secondary N) is 3. The molecule has 4 rings (SSSR count). The van der Waals surface area contributed by atoms with Gasteiger partial charge in [-0.1, -0.05) is 36.4 Å². The van der Waals surface area contributed by atoms with Crippen LogP contribution in [0, 0.1) is 0 Å². The van der Waals surface area contributed by atoms with E-state index < -0.39 is 0 Å². The summed E-state index contributed by atoms with van der Waals surface area (Å²) in [5.74, 6) is 0. The largest absolute Gasteiger partial charge is 0.361 e. The quantitative estimate of drug-likeness (QED) is 0.680. The molecule has 1 unspecified atom stereocenters. The van der Waals surface area contributed by atoms with Gasteiger partial charge in [0.2, 0.25) is 0 Å². The number of fused-ring (bicyclic) bond motifs is 1. The second-order valence-corrected chi connectivity index (χ2v) is 5.72. The number of H-pyrrole nitrogens is 1. The minimum atomic E-state index is -0.0790. The lowest BCUT2D eigenvalue weighted by Crippen LogP contribution is -2.33. The number of urea groups is 1. The zero-order chi connectivity index (χ0) is 15.6.